The maximum absolute atomic E-state index is 11.8. The number of aromatic nitrogens is 2. The van der Waals surface area contributed by atoms with Crippen molar-refractivity contribution < 1.29 is 9.53 Å². The molecule has 0 saturated heterocycles. The van der Waals surface area contributed by atoms with Crippen molar-refractivity contribution >= 4 is 17.7 Å². The number of thioether (sulfide) groups is 1. The lowest BCUT2D eigenvalue weighted by Crippen LogP contribution is -2.37. The Morgan fingerprint density at radius 2 is 2.00 bits per heavy atom. The Labute approximate surface area is 127 Å². The second-order valence-electron chi connectivity index (χ2n) is 5.62. The van der Waals surface area contributed by atoms with Crippen LogP contribution in [-0.2, 0) is 29.4 Å². The molecule has 1 fully saturated rings. The van der Waals surface area contributed by atoms with Gasteiger partial charge in [0, 0.05) is 31.6 Å². The van der Waals surface area contributed by atoms with E-state index in [4.69, 9.17) is 4.74 Å². The first-order valence-electron chi connectivity index (χ1n) is 6.79. The quantitative estimate of drug-likeness (QED) is 0.722. The Kier molecular flexibility index (Phi) is 4.61. The van der Waals surface area contributed by atoms with E-state index >= 15 is 0 Å². The molecule has 1 saturated carbocycles. The van der Waals surface area contributed by atoms with Crippen molar-refractivity contribution in [1.29, 1.82) is 0 Å². The molecule has 0 atom stereocenters. The van der Waals surface area contributed by atoms with E-state index in [0.29, 0.717) is 17.9 Å². The Bertz CT molecular complexity index is 658. The van der Waals surface area contributed by atoms with E-state index in [0.717, 1.165) is 23.2 Å². The van der Waals surface area contributed by atoms with Crippen molar-refractivity contribution in [2.45, 2.75) is 25.0 Å². The number of esters is 1. The van der Waals surface area contributed by atoms with Crippen LogP contribution in [0.5, 0.6) is 0 Å². The van der Waals surface area contributed by atoms with Crippen molar-refractivity contribution in [2.75, 3.05) is 12.9 Å². The van der Waals surface area contributed by atoms with Gasteiger partial charge in [0.1, 0.15) is 0 Å². The van der Waals surface area contributed by atoms with Gasteiger partial charge in [-0.25, -0.2) is 4.79 Å². The highest BCUT2D eigenvalue weighted by Crippen LogP contribution is 2.51. The number of hydrogen-bond donors (Lipinski definition) is 0. The van der Waals surface area contributed by atoms with E-state index in [2.05, 4.69) is 0 Å². The molecule has 0 N–H and O–H groups in total. The third-order valence-electron chi connectivity index (χ3n) is 3.99. The smallest absolute Gasteiger partial charge is 0.330 e. The Hall–Kier alpha value is -1.50. The summed E-state index contributed by atoms with van der Waals surface area (Å²) in [5.41, 5.74) is 0.163. The van der Waals surface area contributed by atoms with Crippen LogP contribution in [-0.4, -0.2) is 28.0 Å². The molecule has 7 heteroatoms. The van der Waals surface area contributed by atoms with Gasteiger partial charge < -0.3 is 4.74 Å². The Balaban J connectivity index is 1.97. The average Bonchev–Trinajstić information content (AvgIpc) is 3.21. The highest BCUT2D eigenvalue weighted by atomic mass is 32.2. The Morgan fingerprint density at radius 3 is 2.57 bits per heavy atom. The van der Waals surface area contributed by atoms with Crippen LogP contribution in [0.1, 0.15) is 25.0 Å². The molecule has 1 aromatic heterocycles. The number of hydrogen-bond acceptors (Lipinski definition) is 5. The first-order valence-corrected chi connectivity index (χ1v) is 7.94. The zero-order chi connectivity index (χ0) is 15.6. The fourth-order valence-corrected chi connectivity index (χ4v) is 3.63. The molecular weight excluding hydrogens is 292 g/mol. The van der Waals surface area contributed by atoms with E-state index in [1.54, 1.807) is 18.8 Å². The normalized spacial score (nSPS) is 15.8. The molecule has 0 radical (unpaired) electrons. The number of nitrogens with zero attached hydrogens (tertiary/aromatic N) is 2. The van der Waals surface area contributed by atoms with Crippen LogP contribution >= 0.6 is 11.8 Å². The van der Waals surface area contributed by atoms with Crippen molar-refractivity contribution in [1.82, 2.24) is 9.13 Å². The molecule has 21 heavy (non-hydrogen) atoms. The zero-order valence-corrected chi connectivity index (χ0v) is 13.4. The molecule has 1 aliphatic rings. The first kappa shape index (κ1) is 15.9. The molecule has 1 heterocycles. The van der Waals surface area contributed by atoms with Crippen molar-refractivity contribution in [2.24, 2.45) is 19.5 Å². The van der Waals surface area contributed by atoms with E-state index < -0.39 is 0 Å². The van der Waals surface area contributed by atoms with E-state index in [1.807, 2.05) is 0 Å². The number of ether oxygens (including phenoxy) is 1. The fourth-order valence-electron chi connectivity index (χ4n) is 2.22. The van der Waals surface area contributed by atoms with Gasteiger partial charge >= 0.3 is 11.7 Å². The van der Waals surface area contributed by atoms with Gasteiger partial charge in [-0.3, -0.25) is 18.7 Å². The summed E-state index contributed by atoms with van der Waals surface area (Å²) in [4.78, 5) is 34.8. The van der Waals surface area contributed by atoms with Gasteiger partial charge in [-0.15, -0.1) is 0 Å². The average molecular weight is 312 g/mol. The number of carbonyl (C=O) groups excluding carboxylic acids is 1. The molecule has 0 spiro atoms. The summed E-state index contributed by atoms with van der Waals surface area (Å²) in [5.74, 6) is 1.25. The summed E-state index contributed by atoms with van der Waals surface area (Å²) < 4.78 is 7.30. The van der Waals surface area contributed by atoms with Crippen LogP contribution in [0.3, 0.4) is 0 Å². The number of methoxy groups -OCH3 is 1. The lowest BCUT2D eigenvalue weighted by Gasteiger charge is -2.14. The Morgan fingerprint density at radius 1 is 1.33 bits per heavy atom. The summed E-state index contributed by atoms with van der Waals surface area (Å²) in [6.07, 6.45) is 2.52. The SMILES string of the molecule is COC(=O)CC1(CSCc2cc(=O)n(C)c(=O)n2C)CC1. The summed E-state index contributed by atoms with van der Waals surface area (Å²) in [5, 5.41) is 0. The minimum atomic E-state index is -0.311. The maximum atomic E-state index is 11.8. The first-order chi connectivity index (χ1) is 9.88. The lowest BCUT2D eigenvalue weighted by molar-refractivity contribution is -0.141. The van der Waals surface area contributed by atoms with Crippen LogP contribution in [0.4, 0.5) is 0 Å². The van der Waals surface area contributed by atoms with Gasteiger partial charge in [-0.2, -0.15) is 11.8 Å². The molecule has 0 amide bonds. The van der Waals surface area contributed by atoms with Gasteiger partial charge in [0.15, 0.2) is 0 Å². The van der Waals surface area contributed by atoms with Gasteiger partial charge in [-0.05, 0) is 24.0 Å². The van der Waals surface area contributed by atoms with E-state index in [9.17, 15) is 14.4 Å². The summed E-state index contributed by atoms with van der Waals surface area (Å²) in [7, 11) is 4.54. The minimum Gasteiger partial charge on any atom is -0.469 e. The van der Waals surface area contributed by atoms with Gasteiger partial charge in [0.25, 0.3) is 5.56 Å². The van der Waals surface area contributed by atoms with Gasteiger partial charge in [-0.1, -0.05) is 0 Å². The van der Waals surface area contributed by atoms with Crippen molar-refractivity contribution in [3.05, 3.63) is 32.6 Å². The topological polar surface area (TPSA) is 70.3 Å². The van der Waals surface area contributed by atoms with E-state index in [-0.39, 0.29) is 22.6 Å². The van der Waals surface area contributed by atoms with E-state index in [1.165, 1.54) is 24.8 Å². The predicted molar refractivity (Wildman–Crippen MR) is 81.4 cm³/mol. The van der Waals surface area contributed by atoms with Crippen LogP contribution in [0.2, 0.25) is 0 Å². The predicted octanol–water partition coefficient (Wildman–Crippen LogP) is 0.660. The van der Waals surface area contributed by atoms with Crippen LogP contribution in [0.15, 0.2) is 15.7 Å². The molecule has 116 valence electrons. The molecule has 1 aromatic rings. The maximum Gasteiger partial charge on any atom is 0.330 e. The molecule has 0 unspecified atom stereocenters. The second-order valence-corrected chi connectivity index (χ2v) is 6.61. The van der Waals surface area contributed by atoms with Crippen LogP contribution in [0, 0.1) is 5.41 Å². The van der Waals surface area contributed by atoms with Crippen LogP contribution < -0.4 is 11.2 Å². The molecule has 1 aliphatic carbocycles. The molecule has 2 rings (SSSR count). The lowest BCUT2D eigenvalue weighted by atomic mass is 10.1. The van der Waals surface area contributed by atoms with Crippen molar-refractivity contribution in [3.63, 3.8) is 0 Å². The third-order valence-corrected chi connectivity index (χ3v) is 5.30. The minimum absolute atomic E-state index is 0.0520. The second kappa shape index (κ2) is 6.09. The molecule has 0 aromatic carbocycles. The van der Waals surface area contributed by atoms with Crippen molar-refractivity contribution in [3.8, 4) is 0 Å². The summed E-state index contributed by atoms with van der Waals surface area (Å²) in [6.45, 7) is 0. The number of carbonyl (C=O) groups is 1. The summed E-state index contributed by atoms with van der Waals surface area (Å²) >= 11 is 1.65. The largest absolute Gasteiger partial charge is 0.469 e. The fraction of sp³-hybridized carbons (Fsp3) is 0.643. The number of rotatable bonds is 6. The third kappa shape index (κ3) is 3.58. The summed E-state index contributed by atoms with van der Waals surface area (Å²) in [6, 6.07) is 1.49. The standard InChI is InChI=1S/C14H20N2O4S/c1-15-10(6-11(17)16(2)13(15)19)8-21-9-14(4-5-14)7-12(18)20-3/h6H,4-5,7-9H2,1-3H3. The molecule has 6 nitrogen and oxygen atoms in total. The van der Waals surface area contributed by atoms with Gasteiger partial charge in [0.2, 0.25) is 0 Å². The highest BCUT2D eigenvalue weighted by Gasteiger charge is 2.44. The van der Waals surface area contributed by atoms with Crippen LogP contribution in [0.25, 0.3) is 0 Å². The molecular formula is C14H20N2O4S. The molecule has 0 bridgehead atoms. The zero-order valence-electron chi connectivity index (χ0n) is 12.5. The highest BCUT2D eigenvalue weighted by molar-refractivity contribution is 7.98. The van der Waals surface area contributed by atoms with Gasteiger partial charge in [0.05, 0.1) is 13.5 Å². The monoisotopic (exact) mass is 312 g/mol. The molecule has 0 aliphatic heterocycles.